The highest BCUT2D eigenvalue weighted by molar-refractivity contribution is 6.06. The van der Waals surface area contributed by atoms with Crippen molar-refractivity contribution in [1.29, 1.82) is 0 Å². The minimum atomic E-state index is 0.0309. The molecule has 0 aliphatic rings. The standard InChI is InChI=1S/C19H21NO/c1-3-20(4-2)18-13-10-16(11-14-18)12-15-19(21)17-8-6-5-7-9-17/h5-15H,3-4H2,1-2H3. The molecule has 0 saturated heterocycles. The minimum Gasteiger partial charge on any atom is -0.372 e. The second-order valence-corrected chi connectivity index (χ2v) is 4.83. The molecule has 2 aromatic rings. The molecule has 0 unspecified atom stereocenters. The Morgan fingerprint density at radius 1 is 0.952 bits per heavy atom. The van der Waals surface area contributed by atoms with Gasteiger partial charge in [0.05, 0.1) is 0 Å². The van der Waals surface area contributed by atoms with Crippen molar-refractivity contribution >= 4 is 17.5 Å². The van der Waals surface area contributed by atoms with Gasteiger partial charge in [-0.25, -0.2) is 0 Å². The van der Waals surface area contributed by atoms with Gasteiger partial charge in [0.2, 0.25) is 0 Å². The van der Waals surface area contributed by atoms with Crippen molar-refractivity contribution in [2.75, 3.05) is 18.0 Å². The number of carbonyl (C=O) groups is 1. The van der Waals surface area contributed by atoms with Gasteiger partial charge in [-0.1, -0.05) is 48.5 Å². The zero-order valence-corrected chi connectivity index (χ0v) is 12.6. The third-order valence-corrected chi connectivity index (χ3v) is 3.51. The van der Waals surface area contributed by atoms with E-state index in [9.17, 15) is 4.79 Å². The SMILES string of the molecule is CCN(CC)c1ccc(C=CC(=O)c2ccccc2)cc1. The lowest BCUT2D eigenvalue weighted by Gasteiger charge is -2.20. The monoisotopic (exact) mass is 279 g/mol. The molecule has 0 spiro atoms. The summed E-state index contributed by atoms with van der Waals surface area (Å²) in [6, 6.07) is 17.6. The molecule has 0 atom stereocenters. The molecule has 0 aromatic heterocycles. The maximum absolute atomic E-state index is 12.0. The summed E-state index contributed by atoms with van der Waals surface area (Å²) in [5.74, 6) is 0.0309. The quantitative estimate of drug-likeness (QED) is 0.576. The Morgan fingerprint density at radius 2 is 1.57 bits per heavy atom. The summed E-state index contributed by atoms with van der Waals surface area (Å²) in [7, 11) is 0. The highest BCUT2D eigenvalue weighted by atomic mass is 16.1. The van der Waals surface area contributed by atoms with Gasteiger partial charge in [0.25, 0.3) is 0 Å². The predicted molar refractivity (Wildman–Crippen MR) is 89.8 cm³/mol. The molecule has 0 bridgehead atoms. The van der Waals surface area contributed by atoms with Gasteiger partial charge in [-0.05, 0) is 37.6 Å². The third-order valence-electron chi connectivity index (χ3n) is 3.51. The molecule has 0 N–H and O–H groups in total. The highest BCUT2D eigenvalue weighted by Gasteiger charge is 2.01. The van der Waals surface area contributed by atoms with Crippen molar-refractivity contribution < 1.29 is 4.79 Å². The average molecular weight is 279 g/mol. The second kappa shape index (κ2) is 7.44. The summed E-state index contributed by atoms with van der Waals surface area (Å²) in [5.41, 5.74) is 2.97. The highest BCUT2D eigenvalue weighted by Crippen LogP contribution is 2.16. The van der Waals surface area contributed by atoms with Gasteiger partial charge in [-0.15, -0.1) is 0 Å². The zero-order valence-electron chi connectivity index (χ0n) is 12.6. The predicted octanol–water partition coefficient (Wildman–Crippen LogP) is 4.43. The molecule has 0 aliphatic carbocycles. The first-order valence-electron chi connectivity index (χ1n) is 7.37. The van der Waals surface area contributed by atoms with Gasteiger partial charge in [0.1, 0.15) is 0 Å². The van der Waals surface area contributed by atoms with E-state index in [4.69, 9.17) is 0 Å². The van der Waals surface area contributed by atoms with E-state index in [1.54, 1.807) is 6.08 Å². The van der Waals surface area contributed by atoms with E-state index in [0.717, 1.165) is 18.7 Å². The molecule has 0 fully saturated rings. The molecule has 2 nitrogen and oxygen atoms in total. The third kappa shape index (κ3) is 4.06. The van der Waals surface area contributed by atoms with Crippen LogP contribution in [0.1, 0.15) is 29.8 Å². The van der Waals surface area contributed by atoms with Crippen molar-refractivity contribution in [3.05, 3.63) is 71.8 Å². The van der Waals surface area contributed by atoms with Crippen molar-refractivity contribution in [2.45, 2.75) is 13.8 Å². The summed E-state index contributed by atoms with van der Waals surface area (Å²) in [4.78, 5) is 14.3. The van der Waals surface area contributed by atoms with Crippen LogP contribution in [0.25, 0.3) is 6.08 Å². The summed E-state index contributed by atoms with van der Waals surface area (Å²) in [5, 5.41) is 0. The number of benzene rings is 2. The summed E-state index contributed by atoms with van der Waals surface area (Å²) in [6.07, 6.45) is 3.49. The number of anilines is 1. The van der Waals surface area contributed by atoms with Crippen LogP contribution in [0.4, 0.5) is 5.69 Å². The summed E-state index contributed by atoms with van der Waals surface area (Å²) >= 11 is 0. The van der Waals surface area contributed by atoms with Gasteiger partial charge in [-0.2, -0.15) is 0 Å². The molecule has 0 radical (unpaired) electrons. The van der Waals surface area contributed by atoms with Crippen LogP contribution in [0.3, 0.4) is 0 Å². The number of nitrogens with zero attached hydrogens (tertiary/aromatic N) is 1. The Kier molecular flexibility index (Phi) is 5.33. The first kappa shape index (κ1) is 15.0. The van der Waals surface area contributed by atoms with Crippen LogP contribution < -0.4 is 4.90 Å². The van der Waals surface area contributed by atoms with Crippen molar-refractivity contribution in [3.63, 3.8) is 0 Å². The average Bonchev–Trinajstić information content (AvgIpc) is 2.55. The largest absolute Gasteiger partial charge is 0.372 e. The van der Waals surface area contributed by atoms with Crippen LogP contribution in [0, 0.1) is 0 Å². The first-order valence-corrected chi connectivity index (χ1v) is 7.37. The molecular weight excluding hydrogens is 258 g/mol. The second-order valence-electron chi connectivity index (χ2n) is 4.83. The van der Waals surface area contributed by atoms with Crippen molar-refractivity contribution in [2.24, 2.45) is 0 Å². The zero-order chi connectivity index (χ0) is 15.1. The lowest BCUT2D eigenvalue weighted by atomic mass is 10.1. The number of ketones is 1. The number of allylic oxidation sites excluding steroid dienone is 1. The van der Waals surface area contributed by atoms with E-state index in [0.29, 0.717) is 5.56 Å². The lowest BCUT2D eigenvalue weighted by molar-refractivity contribution is 0.104. The smallest absolute Gasteiger partial charge is 0.185 e. The molecule has 2 rings (SSSR count). The van der Waals surface area contributed by atoms with Gasteiger partial charge < -0.3 is 4.90 Å². The van der Waals surface area contributed by atoms with Gasteiger partial charge in [0.15, 0.2) is 5.78 Å². The minimum absolute atomic E-state index is 0.0309. The Hall–Kier alpha value is -2.35. The number of carbonyl (C=O) groups excluding carboxylic acids is 1. The van der Waals surface area contributed by atoms with E-state index in [1.165, 1.54) is 5.69 Å². The molecule has 21 heavy (non-hydrogen) atoms. The first-order chi connectivity index (χ1) is 10.2. The lowest BCUT2D eigenvalue weighted by Crippen LogP contribution is -2.21. The number of rotatable bonds is 6. The van der Waals surface area contributed by atoms with Crippen molar-refractivity contribution in [1.82, 2.24) is 0 Å². The van der Waals surface area contributed by atoms with Gasteiger partial charge >= 0.3 is 0 Å². The van der Waals surface area contributed by atoms with Crippen LogP contribution in [0.5, 0.6) is 0 Å². The molecule has 108 valence electrons. The van der Waals surface area contributed by atoms with E-state index in [2.05, 4.69) is 30.9 Å². The Bertz CT molecular complexity index is 595. The van der Waals surface area contributed by atoms with Crippen molar-refractivity contribution in [3.8, 4) is 0 Å². The normalized spacial score (nSPS) is 10.8. The van der Waals surface area contributed by atoms with Crippen LogP contribution in [0.2, 0.25) is 0 Å². The maximum Gasteiger partial charge on any atom is 0.185 e. The van der Waals surface area contributed by atoms with Crippen LogP contribution in [-0.2, 0) is 0 Å². The fourth-order valence-electron chi connectivity index (χ4n) is 2.26. The number of hydrogen-bond acceptors (Lipinski definition) is 2. The van der Waals surface area contributed by atoms with E-state index in [-0.39, 0.29) is 5.78 Å². The van der Waals surface area contributed by atoms with E-state index < -0.39 is 0 Å². The maximum atomic E-state index is 12.0. The fraction of sp³-hybridized carbons (Fsp3) is 0.211. The Morgan fingerprint density at radius 3 is 2.14 bits per heavy atom. The molecule has 2 aromatic carbocycles. The van der Waals surface area contributed by atoms with Crippen LogP contribution in [0.15, 0.2) is 60.7 Å². The van der Waals surface area contributed by atoms with E-state index in [1.807, 2.05) is 48.5 Å². The molecule has 0 amide bonds. The molecule has 0 saturated carbocycles. The van der Waals surface area contributed by atoms with Crippen LogP contribution in [-0.4, -0.2) is 18.9 Å². The fourth-order valence-corrected chi connectivity index (χ4v) is 2.26. The topological polar surface area (TPSA) is 20.3 Å². The molecule has 2 heteroatoms. The van der Waals surface area contributed by atoms with Gasteiger partial charge in [0, 0.05) is 24.3 Å². The van der Waals surface area contributed by atoms with Gasteiger partial charge in [-0.3, -0.25) is 4.79 Å². The Balaban J connectivity index is 2.06. The summed E-state index contributed by atoms with van der Waals surface area (Å²) < 4.78 is 0. The number of hydrogen-bond donors (Lipinski definition) is 0. The molecule has 0 aliphatic heterocycles. The summed E-state index contributed by atoms with van der Waals surface area (Å²) in [6.45, 7) is 6.29. The van der Waals surface area contributed by atoms with Crippen LogP contribution >= 0.6 is 0 Å². The Labute approximate surface area is 126 Å². The molecule has 0 heterocycles. The molecular formula is C19H21NO. The van der Waals surface area contributed by atoms with E-state index >= 15 is 0 Å².